The van der Waals surface area contributed by atoms with E-state index in [1.54, 1.807) is 28.8 Å². The Bertz CT molecular complexity index is 455. The maximum atomic E-state index is 12.7. The molecule has 0 saturated carbocycles. The molecule has 1 fully saturated rings. The zero-order chi connectivity index (χ0) is 15.1. The van der Waals surface area contributed by atoms with Gasteiger partial charge in [0.2, 0.25) is 0 Å². The highest BCUT2D eigenvalue weighted by Crippen LogP contribution is 2.18. The zero-order valence-corrected chi connectivity index (χ0v) is 12.7. The van der Waals surface area contributed by atoms with Crippen LogP contribution in [0, 0.1) is 11.7 Å². The number of urea groups is 1. The molecule has 1 aromatic rings. The molecule has 1 unspecified atom stereocenters. The molecule has 2 amide bonds. The molecule has 0 bridgehead atoms. The third-order valence-corrected chi connectivity index (χ3v) is 4.61. The van der Waals surface area contributed by atoms with Gasteiger partial charge in [-0.1, -0.05) is 0 Å². The Morgan fingerprint density at radius 3 is 2.86 bits per heavy atom. The summed E-state index contributed by atoms with van der Waals surface area (Å²) in [5.74, 6) is 0.883. The van der Waals surface area contributed by atoms with Gasteiger partial charge in [0.05, 0.1) is 0 Å². The second-order valence-electron chi connectivity index (χ2n) is 5.17. The van der Waals surface area contributed by atoms with Crippen LogP contribution < -0.4 is 5.32 Å². The lowest BCUT2D eigenvalue weighted by atomic mass is 10.1. The van der Waals surface area contributed by atoms with Gasteiger partial charge in [0.25, 0.3) is 0 Å². The Balaban J connectivity index is 1.57. The summed E-state index contributed by atoms with van der Waals surface area (Å²) < 4.78 is 12.7. The quantitative estimate of drug-likeness (QED) is 0.626. The van der Waals surface area contributed by atoms with Gasteiger partial charge in [-0.25, -0.2) is 9.18 Å². The Labute approximate surface area is 128 Å². The van der Waals surface area contributed by atoms with Crippen LogP contribution in [-0.2, 0) is 0 Å². The van der Waals surface area contributed by atoms with Crippen molar-refractivity contribution in [2.45, 2.75) is 17.7 Å². The van der Waals surface area contributed by atoms with Crippen molar-refractivity contribution >= 4 is 17.8 Å². The van der Waals surface area contributed by atoms with E-state index in [1.165, 1.54) is 12.1 Å². The number of carbonyl (C=O) groups excluding carboxylic acids is 1. The molecule has 1 heterocycles. The predicted molar refractivity (Wildman–Crippen MR) is 81.9 cm³/mol. The Morgan fingerprint density at radius 2 is 2.19 bits per heavy atom. The van der Waals surface area contributed by atoms with Crippen molar-refractivity contribution in [3.8, 4) is 0 Å². The second-order valence-corrected chi connectivity index (χ2v) is 6.34. The smallest absolute Gasteiger partial charge is 0.317 e. The maximum Gasteiger partial charge on any atom is 0.317 e. The molecule has 1 aromatic carbocycles. The zero-order valence-electron chi connectivity index (χ0n) is 11.9. The van der Waals surface area contributed by atoms with E-state index in [1.807, 2.05) is 0 Å². The number of benzene rings is 1. The minimum absolute atomic E-state index is 0.0438. The minimum atomic E-state index is -0.224. The number of thioether (sulfide) groups is 1. The van der Waals surface area contributed by atoms with Gasteiger partial charge in [-0.05, 0) is 42.9 Å². The van der Waals surface area contributed by atoms with Crippen molar-refractivity contribution in [1.82, 2.24) is 10.2 Å². The molecular formula is C15H21FN2O2S. The van der Waals surface area contributed by atoms with Gasteiger partial charge in [0.1, 0.15) is 5.82 Å². The summed E-state index contributed by atoms with van der Waals surface area (Å²) in [7, 11) is 0. The first-order valence-corrected chi connectivity index (χ1v) is 8.19. The standard InChI is InChI=1S/C15H21FN2O2S/c16-13-2-4-14(5-3-13)21-9-1-7-17-15(20)18-8-6-12(10-18)11-19/h2-5,12,19H,1,6-11H2,(H,17,20). The SMILES string of the molecule is O=C(NCCCSc1ccc(F)cc1)N1CCC(CO)C1. The highest BCUT2D eigenvalue weighted by atomic mass is 32.2. The van der Waals surface area contributed by atoms with Gasteiger partial charge in [-0.15, -0.1) is 11.8 Å². The molecule has 4 nitrogen and oxygen atoms in total. The Kier molecular flexibility index (Phi) is 6.32. The molecule has 2 N–H and O–H groups in total. The van der Waals surface area contributed by atoms with Gasteiger partial charge in [0, 0.05) is 37.1 Å². The molecule has 21 heavy (non-hydrogen) atoms. The van der Waals surface area contributed by atoms with E-state index in [-0.39, 0.29) is 24.4 Å². The average Bonchev–Trinajstić information content (AvgIpc) is 2.98. The van der Waals surface area contributed by atoms with Crippen LogP contribution in [0.2, 0.25) is 0 Å². The summed E-state index contributed by atoms with van der Waals surface area (Å²) in [6, 6.07) is 6.39. The van der Waals surface area contributed by atoms with Crippen LogP contribution in [0.3, 0.4) is 0 Å². The first-order chi connectivity index (χ1) is 10.2. The number of rotatable bonds is 6. The van der Waals surface area contributed by atoms with Crippen molar-refractivity contribution < 1.29 is 14.3 Å². The summed E-state index contributed by atoms with van der Waals surface area (Å²) in [4.78, 5) is 14.7. The van der Waals surface area contributed by atoms with E-state index >= 15 is 0 Å². The van der Waals surface area contributed by atoms with Crippen LogP contribution in [0.4, 0.5) is 9.18 Å². The number of aliphatic hydroxyl groups excluding tert-OH is 1. The second kappa shape index (κ2) is 8.24. The first kappa shape index (κ1) is 16.1. The molecule has 0 spiro atoms. The van der Waals surface area contributed by atoms with Crippen LogP contribution in [0.25, 0.3) is 0 Å². The summed E-state index contributed by atoms with van der Waals surface area (Å²) in [5, 5.41) is 11.9. The van der Waals surface area contributed by atoms with Gasteiger partial charge in [0.15, 0.2) is 0 Å². The minimum Gasteiger partial charge on any atom is -0.396 e. The normalized spacial score (nSPS) is 18.0. The number of likely N-dealkylation sites (tertiary alicyclic amines) is 1. The third-order valence-electron chi connectivity index (χ3n) is 3.51. The number of amides is 2. The number of hydrogen-bond acceptors (Lipinski definition) is 3. The molecule has 1 aliphatic heterocycles. The van der Waals surface area contributed by atoms with Crippen LogP contribution >= 0.6 is 11.8 Å². The number of halogens is 1. The van der Waals surface area contributed by atoms with E-state index in [0.717, 1.165) is 30.0 Å². The molecule has 6 heteroatoms. The van der Waals surface area contributed by atoms with E-state index in [0.29, 0.717) is 13.1 Å². The summed E-state index contributed by atoms with van der Waals surface area (Å²) in [6.45, 7) is 2.15. The van der Waals surface area contributed by atoms with Crippen molar-refractivity contribution in [3.05, 3.63) is 30.1 Å². The largest absolute Gasteiger partial charge is 0.396 e. The molecule has 1 atom stereocenters. The lowest BCUT2D eigenvalue weighted by molar-refractivity contribution is 0.198. The fraction of sp³-hybridized carbons (Fsp3) is 0.533. The first-order valence-electron chi connectivity index (χ1n) is 7.21. The topological polar surface area (TPSA) is 52.6 Å². The van der Waals surface area contributed by atoms with Crippen LogP contribution in [0.5, 0.6) is 0 Å². The lowest BCUT2D eigenvalue weighted by Gasteiger charge is -2.16. The maximum absolute atomic E-state index is 12.7. The summed E-state index contributed by atoms with van der Waals surface area (Å²) in [5.41, 5.74) is 0. The predicted octanol–water partition coefficient (Wildman–Crippen LogP) is 2.33. The lowest BCUT2D eigenvalue weighted by Crippen LogP contribution is -2.39. The van der Waals surface area contributed by atoms with Crippen molar-refractivity contribution in [3.63, 3.8) is 0 Å². The number of nitrogens with one attached hydrogen (secondary N) is 1. The molecule has 116 valence electrons. The number of carbonyl (C=O) groups is 1. The summed E-state index contributed by atoms with van der Waals surface area (Å²) >= 11 is 1.65. The van der Waals surface area contributed by atoms with Gasteiger partial charge < -0.3 is 15.3 Å². The molecule has 1 saturated heterocycles. The molecule has 0 aliphatic carbocycles. The van der Waals surface area contributed by atoms with Gasteiger partial charge in [-0.2, -0.15) is 0 Å². The number of aliphatic hydroxyl groups is 1. The van der Waals surface area contributed by atoms with Crippen molar-refractivity contribution in [2.24, 2.45) is 5.92 Å². The Hall–Kier alpha value is -1.27. The van der Waals surface area contributed by atoms with Crippen LogP contribution in [-0.4, -0.2) is 48.0 Å². The fourth-order valence-corrected chi connectivity index (χ4v) is 3.12. The highest BCUT2D eigenvalue weighted by molar-refractivity contribution is 7.99. The van der Waals surface area contributed by atoms with Crippen LogP contribution in [0.15, 0.2) is 29.2 Å². The molecular weight excluding hydrogens is 291 g/mol. The van der Waals surface area contributed by atoms with Crippen molar-refractivity contribution in [1.29, 1.82) is 0 Å². The van der Waals surface area contributed by atoms with Gasteiger partial charge in [-0.3, -0.25) is 0 Å². The fourth-order valence-electron chi connectivity index (χ4n) is 2.27. The van der Waals surface area contributed by atoms with E-state index in [9.17, 15) is 9.18 Å². The average molecular weight is 312 g/mol. The van der Waals surface area contributed by atoms with E-state index in [4.69, 9.17) is 5.11 Å². The van der Waals surface area contributed by atoms with Gasteiger partial charge >= 0.3 is 6.03 Å². The van der Waals surface area contributed by atoms with E-state index < -0.39 is 0 Å². The number of hydrogen-bond donors (Lipinski definition) is 2. The molecule has 0 radical (unpaired) electrons. The highest BCUT2D eigenvalue weighted by Gasteiger charge is 2.25. The molecule has 0 aromatic heterocycles. The molecule has 2 rings (SSSR count). The third kappa shape index (κ3) is 5.21. The van der Waals surface area contributed by atoms with Crippen LogP contribution in [0.1, 0.15) is 12.8 Å². The summed E-state index contributed by atoms with van der Waals surface area (Å²) in [6.07, 6.45) is 1.75. The van der Waals surface area contributed by atoms with E-state index in [2.05, 4.69) is 5.32 Å². The number of nitrogens with zero attached hydrogens (tertiary/aromatic N) is 1. The monoisotopic (exact) mass is 312 g/mol. The molecule has 1 aliphatic rings. The Morgan fingerprint density at radius 1 is 1.43 bits per heavy atom. The van der Waals surface area contributed by atoms with Crippen molar-refractivity contribution in [2.75, 3.05) is 32.0 Å².